The third-order valence-electron chi connectivity index (χ3n) is 3.49. The number of halogens is 1. The van der Waals surface area contributed by atoms with Crippen molar-refractivity contribution in [3.8, 4) is 0 Å². The first-order valence-electron chi connectivity index (χ1n) is 6.53. The van der Waals surface area contributed by atoms with Crippen LogP contribution in [0.4, 0.5) is 0 Å². The minimum Gasteiger partial charge on any atom is -0.312 e. The molecule has 1 aromatic carbocycles. The van der Waals surface area contributed by atoms with Crippen molar-refractivity contribution in [1.29, 1.82) is 0 Å². The highest BCUT2D eigenvalue weighted by molar-refractivity contribution is 6.31. The summed E-state index contributed by atoms with van der Waals surface area (Å²) in [6, 6.07) is 7.88. The highest BCUT2D eigenvalue weighted by Gasteiger charge is 2.15. The van der Waals surface area contributed by atoms with Crippen LogP contribution in [0.25, 0.3) is 0 Å². The smallest absolute Gasteiger partial charge is 0.133 e. The van der Waals surface area contributed by atoms with Gasteiger partial charge in [0, 0.05) is 42.2 Å². The molecule has 1 aliphatic rings. The summed E-state index contributed by atoms with van der Waals surface area (Å²) in [7, 11) is 0. The molecule has 0 saturated carbocycles. The van der Waals surface area contributed by atoms with Gasteiger partial charge in [0.1, 0.15) is 5.82 Å². The number of hydrogen-bond donors (Lipinski definition) is 1. The van der Waals surface area contributed by atoms with E-state index in [1.54, 1.807) is 0 Å². The highest BCUT2D eigenvalue weighted by Crippen LogP contribution is 2.20. The van der Waals surface area contributed by atoms with Crippen molar-refractivity contribution < 1.29 is 0 Å². The van der Waals surface area contributed by atoms with Gasteiger partial charge < -0.3 is 5.32 Å². The van der Waals surface area contributed by atoms with E-state index in [9.17, 15) is 0 Å². The van der Waals surface area contributed by atoms with Crippen LogP contribution in [-0.2, 0) is 19.4 Å². The molecular weight excluding hydrogens is 258 g/mol. The molecule has 98 valence electrons. The minimum absolute atomic E-state index is 0.696. The van der Waals surface area contributed by atoms with E-state index in [-0.39, 0.29) is 0 Å². The topological polar surface area (TPSA) is 37.8 Å². The number of nitrogens with zero attached hydrogens (tertiary/aromatic N) is 2. The molecule has 1 aromatic heterocycles. The normalized spacial score (nSPS) is 14.2. The summed E-state index contributed by atoms with van der Waals surface area (Å²) in [6.45, 7) is 3.94. The van der Waals surface area contributed by atoms with Gasteiger partial charge in [-0.1, -0.05) is 29.8 Å². The number of fused-ring (bicyclic) bond motifs is 1. The highest BCUT2D eigenvalue weighted by atomic mass is 35.5. The molecule has 0 atom stereocenters. The number of nitrogens with one attached hydrogen (secondary N) is 1. The van der Waals surface area contributed by atoms with E-state index in [1.807, 2.05) is 24.3 Å². The average Bonchev–Trinajstić information content (AvgIpc) is 2.42. The molecule has 3 rings (SSSR count). The van der Waals surface area contributed by atoms with E-state index in [0.717, 1.165) is 41.6 Å². The van der Waals surface area contributed by atoms with E-state index in [4.69, 9.17) is 16.6 Å². The predicted octanol–water partition coefficient (Wildman–Crippen LogP) is 2.67. The lowest BCUT2D eigenvalue weighted by molar-refractivity contribution is 0.615. The van der Waals surface area contributed by atoms with Crippen molar-refractivity contribution in [3.05, 3.63) is 57.6 Å². The molecule has 0 amide bonds. The largest absolute Gasteiger partial charge is 0.312 e. The van der Waals surface area contributed by atoms with Crippen LogP contribution in [0.1, 0.15) is 28.3 Å². The summed E-state index contributed by atoms with van der Waals surface area (Å²) < 4.78 is 0. The van der Waals surface area contributed by atoms with Crippen LogP contribution < -0.4 is 5.32 Å². The second kappa shape index (κ2) is 5.27. The first-order valence-corrected chi connectivity index (χ1v) is 6.91. The van der Waals surface area contributed by atoms with Gasteiger partial charge >= 0.3 is 0 Å². The molecular formula is C15H16ClN3. The quantitative estimate of drug-likeness (QED) is 0.914. The zero-order valence-electron chi connectivity index (χ0n) is 10.9. The third kappa shape index (κ3) is 2.62. The summed E-state index contributed by atoms with van der Waals surface area (Å²) in [4.78, 5) is 9.31. The SMILES string of the molecule is Cc1nc(Cc2ccccc2Cl)nc2c1CNCC2. The number of hydrogen-bond acceptors (Lipinski definition) is 3. The summed E-state index contributed by atoms with van der Waals surface area (Å²) >= 11 is 6.19. The molecule has 4 heteroatoms. The van der Waals surface area contributed by atoms with Crippen LogP contribution in [0.2, 0.25) is 5.02 Å². The van der Waals surface area contributed by atoms with Crippen molar-refractivity contribution in [3.63, 3.8) is 0 Å². The molecule has 0 unspecified atom stereocenters. The van der Waals surface area contributed by atoms with Crippen LogP contribution in [0.5, 0.6) is 0 Å². The summed E-state index contributed by atoms with van der Waals surface area (Å²) in [6.07, 6.45) is 1.68. The third-order valence-corrected chi connectivity index (χ3v) is 3.86. The monoisotopic (exact) mass is 273 g/mol. The van der Waals surface area contributed by atoms with E-state index in [0.29, 0.717) is 6.42 Å². The molecule has 0 aliphatic carbocycles. The Balaban J connectivity index is 1.94. The van der Waals surface area contributed by atoms with Gasteiger partial charge in [-0.3, -0.25) is 0 Å². The van der Waals surface area contributed by atoms with Crippen molar-refractivity contribution in [2.45, 2.75) is 26.3 Å². The molecule has 3 nitrogen and oxygen atoms in total. The Bertz CT molecular complexity index is 610. The van der Waals surface area contributed by atoms with Crippen LogP contribution in [-0.4, -0.2) is 16.5 Å². The van der Waals surface area contributed by atoms with Crippen molar-refractivity contribution in [2.24, 2.45) is 0 Å². The van der Waals surface area contributed by atoms with Crippen molar-refractivity contribution in [2.75, 3.05) is 6.54 Å². The van der Waals surface area contributed by atoms with Gasteiger partial charge in [0.05, 0.1) is 5.69 Å². The lowest BCUT2D eigenvalue weighted by atomic mass is 10.0. The molecule has 2 heterocycles. The van der Waals surface area contributed by atoms with Gasteiger partial charge in [0.15, 0.2) is 0 Å². The Kier molecular flexibility index (Phi) is 3.49. The fourth-order valence-corrected chi connectivity index (χ4v) is 2.67. The van der Waals surface area contributed by atoms with E-state index in [2.05, 4.69) is 17.2 Å². The van der Waals surface area contributed by atoms with Crippen molar-refractivity contribution >= 4 is 11.6 Å². The average molecular weight is 274 g/mol. The molecule has 0 saturated heterocycles. The van der Waals surface area contributed by atoms with Gasteiger partial charge in [-0.2, -0.15) is 0 Å². The Morgan fingerprint density at radius 1 is 1.26 bits per heavy atom. The van der Waals surface area contributed by atoms with Crippen molar-refractivity contribution in [1.82, 2.24) is 15.3 Å². The van der Waals surface area contributed by atoms with Crippen LogP contribution in [0, 0.1) is 6.92 Å². The minimum atomic E-state index is 0.696. The molecule has 0 fully saturated rings. The van der Waals surface area contributed by atoms with Gasteiger partial charge in [0.2, 0.25) is 0 Å². The first kappa shape index (κ1) is 12.6. The molecule has 1 aliphatic heterocycles. The Hall–Kier alpha value is -1.45. The van der Waals surface area contributed by atoms with Crippen LogP contribution in [0.15, 0.2) is 24.3 Å². The maximum atomic E-state index is 6.19. The summed E-state index contributed by atoms with van der Waals surface area (Å²) in [5.41, 5.74) is 4.61. The maximum absolute atomic E-state index is 6.19. The lowest BCUT2D eigenvalue weighted by Gasteiger charge is -2.18. The lowest BCUT2D eigenvalue weighted by Crippen LogP contribution is -2.26. The number of benzene rings is 1. The maximum Gasteiger partial charge on any atom is 0.133 e. The summed E-state index contributed by atoms with van der Waals surface area (Å²) in [5, 5.41) is 4.14. The fraction of sp³-hybridized carbons (Fsp3) is 0.333. The molecule has 1 N–H and O–H groups in total. The van der Waals surface area contributed by atoms with Crippen LogP contribution in [0.3, 0.4) is 0 Å². The molecule has 0 radical (unpaired) electrons. The number of rotatable bonds is 2. The van der Waals surface area contributed by atoms with Gasteiger partial charge in [-0.25, -0.2) is 9.97 Å². The number of aryl methyl sites for hydroxylation is 1. The Labute approximate surface area is 118 Å². The van der Waals surface area contributed by atoms with Gasteiger partial charge in [-0.05, 0) is 18.6 Å². The first-order chi connectivity index (χ1) is 9.24. The number of aromatic nitrogens is 2. The fourth-order valence-electron chi connectivity index (χ4n) is 2.47. The zero-order chi connectivity index (χ0) is 13.2. The molecule has 0 bridgehead atoms. The predicted molar refractivity (Wildman–Crippen MR) is 76.4 cm³/mol. The molecule has 0 spiro atoms. The Morgan fingerprint density at radius 3 is 2.95 bits per heavy atom. The van der Waals surface area contributed by atoms with E-state index in [1.165, 1.54) is 11.3 Å². The second-order valence-corrected chi connectivity index (χ2v) is 5.25. The summed E-state index contributed by atoms with van der Waals surface area (Å²) in [5.74, 6) is 0.867. The standard InChI is InChI=1S/C15H16ClN3/c1-10-12-9-17-7-6-14(12)19-15(18-10)8-11-4-2-3-5-13(11)16/h2-5,17H,6-9H2,1H3. The van der Waals surface area contributed by atoms with Gasteiger partial charge in [-0.15, -0.1) is 0 Å². The van der Waals surface area contributed by atoms with Crippen LogP contribution >= 0.6 is 11.6 Å². The molecule has 2 aromatic rings. The Morgan fingerprint density at radius 2 is 2.11 bits per heavy atom. The second-order valence-electron chi connectivity index (χ2n) is 4.85. The van der Waals surface area contributed by atoms with E-state index < -0.39 is 0 Å². The van der Waals surface area contributed by atoms with Gasteiger partial charge in [0.25, 0.3) is 0 Å². The van der Waals surface area contributed by atoms with E-state index >= 15 is 0 Å². The zero-order valence-corrected chi connectivity index (χ0v) is 11.7. The molecule has 19 heavy (non-hydrogen) atoms.